The molecule has 3 heterocycles. The van der Waals surface area contributed by atoms with Crippen LogP contribution >= 0.6 is 0 Å². The lowest BCUT2D eigenvalue weighted by molar-refractivity contribution is 0.0827. The maximum Gasteiger partial charge on any atom is 0.707 e. The van der Waals surface area contributed by atoms with Gasteiger partial charge in [0.25, 0.3) is 0 Å². The summed E-state index contributed by atoms with van der Waals surface area (Å²) in [5, 5.41) is 17.6. The van der Waals surface area contributed by atoms with Gasteiger partial charge in [0.2, 0.25) is 0 Å². The van der Waals surface area contributed by atoms with E-state index in [1.54, 1.807) is 12.3 Å². The summed E-state index contributed by atoms with van der Waals surface area (Å²) in [4.78, 5) is 8.69. The number of pyridine rings is 1. The number of hydrogen-bond donors (Lipinski definition) is 2. The third-order valence-electron chi connectivity index (χ3n) is 3.80. The van der Waals surface area contributed by atoms with Gasteiger partial charge in [-0.2, -0.15) is 0 Å². The van der Waals surface area contributed by atoms with Gasteiger partial charge in [-0.1, -0.05) is 0 Å². The van der Waals surface area contributed by atoms with E-state index in [1.807, 2.05) is 0 Å². The van der Waals surface area contributed by atoms with Crippen molar-refractivity contribution in [3.05, 3.63) is 18.5 Å². The zero-order chi connectivity index (χ0) is 12.7. The summed E-state index contributed by atoms with van der Waals surface area (Å²) < 4.78 is 4.82. The van der Waals surface area contributed by atoms with Crippen molar-refractivity contribution >= 4 is 13.0 Å². The fourth-order valence-electron chi connectivity index (χ4n) is 2.88. The maximum atomic E-state index is 8.78. The smallest absolute Gasteiger partial charge is 0.511 e. The molecular weight excluding hydrogens is 233 g/mol. The second-order valence-electron chi connectivity index (χ2n) is 4.99. The molecule has 6 nitrogen and oxygen atoms in total. The second kappa shape index (κ2) is 4.42. The van der Waals surface area contributed by atoms with E-state index in [-0.39, 0.29) is 0 Å². The van der Waals surface area contributed by atoms with Crippen molar-refractivity contribution in [3.8, 4) is 5.75 Å². The Hall–Kier alpha value is -1.31. The fraction of sp³-hybridized carbons (Fsp3) is 0.545. The molecule has 2 saturated heterocycles. The molecule has 2 aliphatic rings. The van der Waals surface area contributed by atoms with Gasteiger partial charge in [-0.15, -0.1) is 0 Å². The number of anilines is 1. The number of likely N-dealkylation sites (tertiary alicyclic amines) is 1. The van der Waals surface area contributed by atoms with Crippen LogP contribution in [0.15, 0.2) is 18.5 Å². The minimum Gasteiger partial charge on any atom is -0.511 e. The monoisotopic (exact) mass is 249 g/mol. The molecule has 0 saturated carbocycles. The lowest BCUT2D eigenvalue weighted by atomic mass is 9.93. The maximum absolute atomic E-state index is 8.78. The van der Waals surface area contributed by atoms with E-state index in [0.717, 1.165) is 31.2 Å². The van der Waals surface area contributed by atoms with Crippen LogP contribution in [-0.2, 0) is 0 Å². The predicted molar refractivity (Wildman–Crippen MR) is 67.2 cm³/mol. The highest BCUT2D eigenvalue weighted by atomic mass is 16.6. The van der Waals surface area contributed by atoms with E-state index in [0.29, 0.717) is 11.8 Å². The Kier molecular flexibility index (Phi) is 2.89. The lowest BCUT2D eigenvalue weighted by Gasteiger charge is -2.40. The number of fused-ring (bicyclic) bond motifs is 1. The largest absolute Gasteiger partial charge is 0.707 e. The molecule has 0 unspecified atom stereocenters. The summed E-state index contributed by atoms with van der Waals surface area (Å²) in [5.74, 6) is 1.11. The first-order chi connectivity index (χ1) is 8.63. The van der Waals surface area contributed by atoms with E-state index >= 15 is 0 Å². The molecule has 96 valence electrons. The Morgan fingerprint density at radius 1 is 1.33 bits per heavy atom. The molecular formula is C11H16BN3O3. The van der Waals surface area contributed by atoms with Gasteiger partial charge in [0.05, 0.1) is 18.1 Å². The number of likely N-dealkylation sites (N-methyl/N-ethyl adjacent to an activating group) is 1. The SMILES string of the molecule is CN1C[C@H]2CN(c3cncc(OB(O)O)c3)C[C@H]21. The average molecular weight is 249 g/mol. The van der Waals surface area contributed by atoms with Crippen LogP contribution in [0.1, 0.15) is 0 Å². The summed E-state index contributed by atoms with van der Waals surface area (Å²) in [7, 11) is 0.341. The van der Waals surface area contributed by atoms with Crippen LogP contribution in [0, 0.1) is 5.92 Å². The van der Waals surface area contributed by atoms with Crippen molar-refractivity contribution < 1.29 is 14.7 Å². The molecule has 0 bridgehead atoms. The van der Waals surface area contributed by atoms with Crippen LogP contribution in [0.5, 0.6) is 5.75 Å². The van der Waals surface area contributed by atoms with Crippen molar-refractivity contribution in [2.24, 2.45) is 5.92 Å². The highest BCUT2D eigenvalue weighted by molar-refractivity contribution is 6.33. The van der Waals surface area contributed by atoms with Crippen LogP contribution in [0.2, 0.25) is 0 Å². The third-order valence-corrected chi connectivity index (χ3v) is 3.80. The average Bonchev–Trinajstić information content (AvgIpc) is 2.66. The molecule has 2 aliphatic heterocycles. The Morgan fingerprint density at radius 2 is 2.17 bits per heavy atom. The van der Waals surface area contributed by atoms with Crippen molar-refractivity contribution in [2.75, 3.05) is 31.6 Å². The quantitative estimate of drug-likeness (QED) is 0.682. The number of aromatic nitrogens is 1. The lowest BCUT2D eigenvalue weighted by Crippen LogP contribution is -2.52. The first-order valence-electron chi connectivity index (χ1n) is 6.06. The first kappa shape index (κ1) is 11.8. The molecule has 0 amide bonds. The highest BCUT2D eigenvalue weighted by Gasteiger charge is 2.43. The minimum atomic E-state index is -1.80. The van der Waals surface area contributed by atoms with Crippen LogP contribution in [0.25, 0.3) is 0 Å². The number of hydrogen-bond acceptors (Lipinski definition) is 6. The third kappa shape index (κ3) is 2.05. The van der Waals surface area contributed by atoms with Crippen LogP contribution in [0.4, 0.5) is 5.69 Å². The Bertz CT molecular complexity index is 445. The molecule has 2 fully saturated rings. The molecule has 0 spiro atoms. The summed E-state index contributed by atoms with van der Waals surface area (Å²) in [6.07, 6.45) is 3.25. The molecule has 18 heavy (non-hydrogen) atoms. The molecule has 7 heteroatoms. The zero-order valence-electron chi connectivity index (χ0n) is 10.2. The van der Waals surface area contributed by atoms with Crippen molar-refractivity contribution in [3.63, 3.8) is 0 Å². The zero-order valence-corrected chi connectivity index (χ0v) is 10.2. The predicted octanol–water partition coefficient (Wildman–Crippen LogP) is -0.820. The fourth-order valence-corrected chi connectivity index (χ4v) is 2.88. The number of rotatable bonds is 3. The first-order valence-corrected chi connectivity index (χ1v) is 6.06. The minimum absolute atomic E-state index is 0.370. The molecule has 0 aromatic carbocycles. The van der Waals surface area contributed by atoms with E-state index in [2.05, 4.69) is 21.8 Å². The molecule has 0 radical (unpaired) electrons. The van der Waals surface area contributed by atoms with Gasteiger partial charge in [0, 0.05) is 37.7 Å². The van der Waals surface area contributed by atoms with Crippen LogP contribution in [0.3, 0.4) is 0 Å². The van der Waals surface area contributed by atoms with Gasteiger partial charge in [-0.25, -0.2) is 0 Å². The Morgan fingerprint density at radius 3 is 2.83 bits per heavy atom. The highest BCUT2D eigenvalue weighted by Crippen LogP contribution is 2.34. The molecule has 1 aromatic rings. The van der Waals surface area contributed by atoms with Gasteiger partial charge in [-0.05, 0) is 7.05 Å². The van der Waals surface area contributed by atoms with Gasteiger partial charge in [-0.3, -0.25) is 4.98 Å². The van der Waals surface area contributed by atoms with Crippen LogP contribution < -0.4 is 9.55 Å². The summed E-state index contributed by atoms with van der Waals surface area (Å²) in [5.41, 5.74) is 0.968. The standard InChI is InChI=1S/C11H16BN3O3/c1-14-5-8-6-15(7-11(8)14)9-2-10(4-13-3-9)18-12(16)17/h2-4,8,11,16-17H,5-7H2,1H3/t8-,11+/m0/s1. The molecule has 0 aliphatic carbocycles. The number of nitrogens with zero attached hydrogens (tertiary/aromatic N) is 3. The topological polar surface area (TPSA) is 69.1 Å². The van der Waals surface area contributed by atoms with Gasteiger partial charge in [0.15, 0.2) is 0 Å². The normalized spacial score (nSPS) is 26.7. The van der Waals surface area contributed by atoms with Crippen molar-refractivity contribution in [1.29, 1.82) is 0 Å². The van der Waals surface area contributed by atoms with E-state index in [9.17, 15) is 0 Å². The Balaban J connectivity index is 1.73. The molecule has 2 N–H and O–H groups in total. The van der Waals surface area contributed by atoms with Crippen LogP contribution in [-0.4, -0.2) is 60.0 Å². The van der Waals surface area contributed by atoms with Gasteiger partial charge < -0.3 is 24.5 Å². The van der Waals surface area contributed by atoms with E-state index in [1.165, 1.54) is 6.20 Å². The van der Waals surface area contributed by atoms with E-state index in [4.69, 9.17) is 14.7 Å². The Labute approximate surface area is 106 Å². The molecule has 1 aromatic heterocycles. The van der Waals surface area contributed by atoms with Gasteiger partial charge in [0.1, 0.15) is 5.75 Å². The summed E-state index contributed by atoms with van der Waals surface area (Å²) in [6.45, 7) is 3.18. The summed E-state index contributed by atoms with van der Waals surface area (Å²) in [6, 6.07) is 2.43. The van der Waals surface area contributed by atoms with Crippen molar-refractivity contribution in [2.45, 2.75) is 6.04 Å². The van der Waals surface area contributed by atoms with E-state index < -0.39 is 7.32 Å². The van der Waals surface area contributed by atoms with Gasteiger partial charge >= 0.3 is 7.32 Å². The second-order valence-corrected chi connectivity index (χ2v) is 4.99. The molecule has 2 atom stereocenters. The van der Waals surface area contributed by atoms with Crippen molar-refractivity contribution in [1.82, 2.24) is 9.88 Å². The molecule has 3 rings (SSSR count). The summed E-state index contributed by atoms with van der Waals surface area (Å²) >= 11 is 0.